The van der Waals surface area contributed by atoms with E-state index in [-0.39, 0.29) is 23.9 Å². The molecule has 1 heterocycles. The van der Waals surface area contributed by atoms with E-state index >= 15 is 0 Å². The van der Waals surface area contributed by atoms with Gasteiger partial charge in [-0.25, -0.2) is 0 Å². The van der Waals surface area contributed by atoms with Gasteiger partial charge in [-0.3, -0.25) is 14.9 Å². The number of non-ortho nitro benzene ring substituents is 1. The van der Waals surface area contributed by atoms with Crippen LogP contribution in [0.25, 0.3) is 10.9 Å². The Balaban J connectivity index is 2.03. The number of methoxy groups -OCH3 is 1. The Morgan fingerprint density at radius 1 is 1.24 bits per heavy atom. The van der Waals surface area contributed by atoms with Crippen molar-refractivity contribution in [1.29, 1.82) is 0 Å². The van der Waals surface area contributed by atoms with Crippen LogP contribution in [0.1, 0.15) is 23.5 Å². The third kappa shape index (κ3) is 4.87. The number of nitrogens with zero attached hydrogens (tertiary/aromatic N) is 1. The van der Waals surface area contributed by atoms with E-state index in [1.54, 1.807) is 37.6 Å². The maximum absolute atomic E-state index is 12.5. The average Bonchev–Trinajstić information content (AvgIpc) is 3.11. The lowest BCUT2D eigenvalue weighted by molar-refractivity contribution is -0.384. The molecule has 2 aromatic carbocycles. The van der Waals surface area contributed by atoms with E-state index in [4.69, 9.17) is 27.9 Å². The lowest BCUT2D eigenvalue weighted by atomic mass is 9.88. The van der Waals surface area contributed by atoms with Gasteiger partial charge in [0.05, 0.1) is 21.6 Å². The molecule has 2 N–H and O–H groups in total. The second-order valence-corrected chi connectivity index (χ2v) is 7.32. The first kappa shape index (κ1) is 21.1. The van der Waals surface area contributed by atoms with Crippen molar-refractivity contribution >= 4 is 45.7 Å². The number of aromatic nitrogens is 1. The van der Waals surface area contributed by atoms with Crippen molar-refractivity contribution in [3.63, 3.8) is 0 Å². The van der Waals surface area contributed by atoms with Crippen LogP contribution < -0.4 is 5.32 Å². The number of carbonyl (C=O) groups is 1. The molecule has 3 rings (SSSR count). The van der Waals surface area contributed by atoms with Gasteiger partial charge < -0.3 is 15.0 Å². The number of aromatic amines is 1. The van der Waals surface area contributed by atoms with E-state index in [0.29, 0.717) is 28.6 Å². The summed E-state index contributed by atoms with van der Waals surface area (Å²) < 4.78 is 4.96. The first-order valence-electron chi connectivity index (χ1n) is 8.86. The number of ether oxygens (including phenoxy) is 1. The van der Waals surface area contributed by atoms with Crippen molar-refractivity contribution in [2.45, 2.75) is 12.3 Å². The Kier molecular flexibility index (Phi) is 6.74. The summed E-state index contributed by atoms with van der Waals surface area (Å²) in [5.41, 5.74) is 2.28. The summed E-state index contributed by atoms with van der Waals surface area (Å²) in [7, 11) is 1.56. The van der Waals surface area contributed by atoms with Gasteiger partial charge in [0.25, 0.3) is 5.69 Å². The lowest BCUT2D eigenvalue weighted by Crippen LogP contribution is -2.28. The van der Waals surface area contributed by atoms with E-state index in [9.17, 15) is 14.9 Å². The van der Waals surface area contributed by atoms with Crippen LogP contribution >= 0.6 is 23.2 Å². The fourth-order valence-corrected chi connectivity index (χ4v) is 3.53. The normalized spacial score (nSPS) is 12.1. The number of benzene rings is 2. The van der Waals surface area contributed by atoms with Gasteiger partial charge in [-0.05, 0) is 29.3 Å². The zero-order valence-corrected chi connectivity index (χ0v) is 17.1. The molecule has 0 bridgehead atoms. The summed E-state index contributed by atoms with van der Waals surface area (Å²) in [6.45, 7) is 0.797. The van der Waals surface area contributed by atoms with Crippen LogP contribution in [0.3, 0.4) is 0 Å². The zero-order chi connectivity index (χ0) is 21.0. The largest absolute Gasteiger partial charge is 0.383 e. The summed E-state index contributed by atoms with van der Waals surface area (Å²) >= 11 is 12.2. The van der Waals surface area contributed by atoms with Crippen molar-refractivity contribution in [1.82, 2.24) is 10.3 Å². The number of rotatable bonds is 8. The fraction of sp³-hybridized carbons (Fsp3) is 0.250. The molecule has 1 amide bonds. The first-order chi connectivity index (χ1) is 13.9. The van der Waals surface area contributed by atoms with Gasteiger partial charge in [0, 0.05) is 55.2 Å². The van der Waals surface area contributed by atoms with Crippen molar-refractivity contribution in [3.8, 4) is 0 Å². The van der Waals surface area contributed by atoms with Gasteiger partial charge in [-0.1, -0.05) is 29.3 Å². The number of amides is 1. The lowest BCUT2D eigenvalue weighted by Gasteiger charge is -2.18. The first-order valence-corrected chi connectivity index (χ1v) is 9.62. The molecule has 0 spiro atoms. The molecular formula is C20H19Cl2N3O4. The Morgan fingerprint density at radius 3 is 2.72 bits per heavy atom. The van der Waals surface area contributed by atoms with Crippen LogP contribution in [0.5, 0.6) is 0 Å². The summed E-state index contributed by atoms with van der Waals surface area (Å²) in [5.74, 6) is -0.541. The Hall–Kier alpha value is -2.61. The van der Waals surface area contributed by atoms with Gasteiger partial charge in [-0.15, -0.1) is 0 Å². The number of hydrogen-bond acceptors (Lipinski definition) is 4. The second-order valence-electron chi connectivity index (χ2n) is 6.50. The van der Waals surface area contributed by atoms with Crippen molar-refractivity contribution in [2.75, 3.05) is 20.3 Å². The van der Waals surface area contributed by atoms with Crippen molar-refractivity contribution in [2.24, 2.45) is 0 Å². The van der Waals surface area contributed by atoms with E-state index in [1.807, 2.05) is 0 Å². The highest BCUT2D eigenvalue weighted by molar-refractivity contribution is 6.42. The van der Waals surface area contributed by atoms with Crippen LogP contribution in [-0.4, -0.2) is 36.1 Å². The molecule has 0 aliphatic carbocycles. The van der Waals surface area contributed by atoms with E-state index in [2.05, 4.69) is 10.3 Å². The maximum Gasteiger partial charge on any atom is 0.270 e. The summed E-state index contributed by atoms with van der Waals surface area (Å²) in [6.07, 6.45) is 1.90. The highest BCUT2D eigenvalue weighted by atomic mass is 35.5. The highest BCUT2D eigenvalue weighted by Gasteiger charge is 2.23. The number of nitro groups is 1. The van der Waals surface area contributed by atoms with Crippen LogP contribution in [-0.2, 0) is 9.53 Å². The molecule has 0 saturated heterocycles. The molecule has 0 radical (unpaired) electrons. The standard InChI is InChI=1S/C20H19Cl2N3O4/c1-29-7-6-23-20(26)10-14(12-2-4-17(21)18(22)8-12)16-11-24-19-5-3-13(25(27)28)9-15(16)19/h2-5,8-9,11,14,24H,6-7,10H2,1H3,(H,23,26)/t14-/m1/s1. The van der Waals surface area contributed by atoms with Gasteiger partial charge in [0.15, 0.2) is 0 Å². The van der Waals surface area contributed by atoms with E-state index in [0.717, 1.165) is 16.6 Å². The second kappa shape index (κ2) is 9.26. The number of hydrogen-bond donors (Lipinski definition) is 2. The topological polar surface area (TPSA) is 97.3 Å². The molecule has 29 heavy (non-hydrogen) atoms. The molecule has 0 unspecified atom stereocenters. The van der Waals surface area contributed by atoms with Gasteiger partial charge in [0.1, 0.15) is 0 Å². The molecule has 0 saturated carbocycles. The SMILES string of the molecule is COCCNC(=O)C[C@H](c1ccc(Cl)c(Cl)c1)c1c[nH]c2ccc([N+](=O)[O-])cc12. The third-order valence-corrected chi connectivity index (χ3v) is 5.39. The predicted molar refractivity (Wildman–Crippen MR) is 113 cm³/mol. The summed E-state index contributed by atoms with van der Waals surface area (Å²) in [5, 5.41) is 15.5. The highest BCUT2D eigenvalue weighted by Crippen LogP contribution is 2.37. The van der Waals surface area contributed by atoms with Gasteiger partial charge >= 0.3 is 0 Å². The Morgan fingerprint density at radius 2 is 2.03 bits per heavy atom. The monoisotopic (exact) mass is 435 g/mol. The molecule has 0 fully saturated rings. The Bertz CT molecular complexity index is 1050. The van der Waals surface area contributed by atoms with Crippen LogP contribution in [0.15, 0.2) is 42.6 Å². The minimum atomic E-state index is -0.443. The van der Waals surface area contributed by atoms with Crippen LogP contribution in [0, 0.1) is 10.1 Å². The van der Waals surface area contributed by atoms with E-state index in [1.165, 1.54) is 12.1 Å². The van der Waals surface area contributed by atoms with Crippen LogP contribution in [0.2, 0.25) is 10.0 Å². The van der Waals surface area contributed by atoms with E-state index < -0.39 is 4.92 Å². The zero-order valence-electron chi connectivity index (χ0n) is 15.6. The number of nitrogens with one attached hydrogen (secondary N) is 2. The molecule has 0 aliphatic rings. The maximum atomic E-state index is 12.5. The smallest absolute Gasteiger partial charge is 0.270 e. The number of H-pyrrole nitrogens is 1. The number of fused-ring (bicyclic) bond motifs is 1. The number of carbonyl (C=O) groups excluding carboxylic acids is 1. The fourth-order valence-electron chi connectivity index (χ4n) is 3.22. The van der Waals surface area contributed by atoms with Crippen molar-refractivity contribution < 1.29 is 14.5 Å². The van der Waals surface area contributed by atoms with Gasteiger partial charge in [-0.2, -0.15) is 0 Å². The molecule has 3 aromatic rings. The molecule has 7 nitrogen and oxygen atoms in total. The molecule has 1 atom stereocenters. The van der Waals surface area contributed by atoms with Crippen molar-refractivity contribution in [3.05, 3.63) is 73.9 Å². The molecule has 0 aliphatic heterocycles. The average molecular weight is 436 g/mol. The quantitative estimate of drug-likeness (QED) is 0.305. The Labute approximate surface area is 177 Å². The predicted octanol–water partition coefficient (Wildman–Crippen LogP) is 4.67. The third-order valence-electron chi connectivity index (χ3n) is 4.65. The molecular weight excluding hydrogens is 417 g/mol. The number of nitro benzene ring substituents is 1. The minimum absolute atomic E-state index is 0.0178. The summed E-state index contributed by atoms with van der Waals surface area (Å²) in [6, 6.07) is 9.79. The summed E-state index contributed by atoms with van der Waals surface area (Å²) in [4.78, 5) is 26.4. The molecule has 152 valence electrons. The molecule has 1 aromatic heterocycles. The number of halogens is 2. The minimum Gasteiger partial charge on any atom is -0.383 e. The van der Waals surface area contributed by atoms with Gasteiger partial charge in [0.2, 0.25) is 5.91 Å². The molecule has 9 heteroatoms. The van der Waals surface area contributed by atoms with Crippen LogP contribution in [0.4, 0.5) is 5.69 Å².